The van der Waals surface area contributed by atoms with Gasteiger partial charge in [0.15, 0.2) is 0 Å². The quantitative estimate of drug-likeness (QED) is 0.873. The van der Waals surface area contributed by atoms with Crippen molar-refractivity contribution >= 4 is 11.3 Å². The van der Waals surface area contributed by atoms with E-state index in [0.29, 0.717) is 0 Å². The van der Waals surface area contributed by atoms with Crippen molar-refractivity contribution in [2.24, 2.45) is 0 Å². The lowest BCUT2D eigenvalue weighted by Crippen LogP contribution is -2.17. The van der Waals surface area contributed by atoms with Crippen LogP contribution in [-0.4, -0.2) is 16.6 Å². The number of nitrogens with zero attached hydrogens (tertiary/aromatic N) is 1. The molecule has 0 saturated carbocycles. The summed E-state index contributed by atoms with van der Waals surface area (Å²) in [6, 6.07) is 7.42. The number of hydrogen-bond donors (Lipinski definition) is 2. The summed E-state index contributed by atoms with van der Waals surface area (Å²) in [7, 11) is 0. The number of phenolic OH excluding ortho intramolecular Hbond substituents is 1. The van der Waals surface area contributed by atoms with Gasteiger partial charge in [-0.25, -0.2) is 4.98 Å². The maximum atomic E-state index is 9.24. The summed E-state index contributed by atoms with van der Waals surface area (Å²) in [5.74, 6) is 0.284. The molecule has 2 N–H and O–H groups in total. The minimum Gasteiger partial charge on any atom is -0.508 e. The molecule has 1 atom stereocenters. The summed E-state index contributed by atoms with van der Waals surface area (Å²) in [4.78, 5) is 4.60. The minimum absolute atomic E-state index is 0.280. The van der Waals surface area contributed by atoms with E-state index in [0.717, 1.165) is 22.8 Å². The predicted molar refractivity (Wildman–Crippen MR) is 71.3 cm³/mol. The van der Waals surface area contributed by atoms with E-state index in [1.807, 2.05) is 12.1 Å². The van der Waals surface area contributed by atoms with Crippen molar-refractivity contribution in [2.75, 3.05) is 6.54 Å². The first-order valence-corrected chi connectivity index (χ1v) is 6.57. The third kappa shape index (κ3) is 2.84. The molecule has 0 saturated heterocycles. The highest BCUT2D eigenvalue weighted by Gasteiger charge is 2.09. The van der Waals surface area contributed by atoms with Crippen LogP contribution >= 0.6 is 11.3 Å². The maximum Gasteiger partial charge on any atom is 0.123 e. The molecule has 1 unspecified atom stereocenters. The second-order valence-electron chi connectivity index (χ2n) is 3.90. The molecule has 0 aliphatic carbocycles. The van der Waals surface area contributed by atoms with E-state index in [1.165, 1.54) is 0 Å². The van der Waals surface area contributed by atoms with E-state index in [2.05, 4.69) is 29.5 Å². The van der Waals surface area contributed by atoms with Crippen LogP contribution in [0.5, 0.6) is 5.75 Å². The van der Waals surface area contributed by atoms with Crippen LogP contribution in [0.2, 0.25) is 0 Å². The van der Waals surface area contributed by atoms with Gasteiger partial charge in [-0.1, -0.05) is 6.92 Å². The molecule has 0 fully saturated rings. The van der Waals surface area contributed by atoms with E-state index in [1.54, 1.807) is 23.5 Å². The Morgan fingerprint density at radius 1 is 1.35 bits per heavy atom. The van der Waals surface area contributed by atoms with Crippen molar-refractivity contribution < 1.29 is 5.11 Å². The zero-order valence-corrected chi connectivity index (χ0v) is 10.8. The SMILES string of the molecule is CCNC(C)c1csc(-c2ccc(O)cc2)n1. The molecule has 4 heteroatoms. The predicted octanol–water partition coefficient (Wildman–Crippen LogP) is 3.19. The van der Waals surface area contributed by atoms with Crippen LogP contribution in [0.1, 0.15) is 25.6 Å². The van der Waals surface area contributed by atoms with Crippen molar-refractivity contribution in [1.29, 1.82) is 0 Å². The van der Waals surface area contributed by atoms with Gasteiger partial charge in [-0.15, -0.1) is 11.3 Å². The van der Waals surface area contributed by atoms with E-state index >= 15 is 0 Å². The van der Waals surface area contributed by atoms with Crippen molar-refractivity contribution in [3.8, 4) is 16.3 Å². The second kappa shape index (κ2) is 5.29. The summed E-state index contributed by atoms with van der Waals surface area (Å²) >= 11 is 1.63. The van der Waals surface area contributed by atoms with E-state index in [-0.39, 0.29) is 11.8 Å². The van der Waals surface area contributed by atoms with Gasteiger partial charge in [-0.2, -0.15) is 0 Å². The topological polar surface area (TPSA) is 45.1 Å². The maximum absolute atomic E-state index is 9.24. The number of aromatic nitrogens is 1. The fraction of sp³-hybridized carbons (Fsp3) is 0.308. The number of nitrogens with one attached hydrogen (secondary N) is 1. The van der Waals surface area contributed by atoms with Gasteiger partial charge in [0, 0.05) is 17.0 Å². The van der Waals surface area contributed by atoms with Crippen molar-refractivity contribution in [3.63, 3.8) is 0 Å². The lowest BCUT2D eigenvalue weighted by atomic mass is 10.2. The molecule has 1 aromatic carbocycles. The molecule has 2 rings (SSSR count). The first-order chi connectivity index (χ1) is 8.20. The fourth-order valence-corrected chi connectivity index (χ4v) is 2.55. The Labute approximate surface area is 105 Å². The van der Waals surface area contributed by atoms with E-state index in [4.69, 9.17) is 0 Å². The third-order valence-corrected chi connectivity index (χ3v) is 3.50. The molecule has 17 heavy (non-hydrogen) atoms. The summed E-state index contributed by atoms with van der Waals surface area (Å²) in [6.45, 7) is 5.14. The van der Waals surface area contributed by atoms with Gasteiger partial charge in [0.1, 0.15) is 10.8 Å². The minimum atomic E-state index is 0.280. The van der Waals surface area contributed by atoms with Crippen LogP contribution in [-0.2, 0) is 0 Å². The van der Waals surface area contributed by atoms with E-state index < -0.39 is 0 Å². The molecule has 0 bridgehead atoms. The van der Waals surface area contributed by atoms with Gasteiger partial charge in [-0.3, -0.25) is 0 Å². The Bertz CT molecular complexity index is 478. The lowest BCUT2D eigenvalue weighted by Gasteiger charge is -2.08. The first kappa shape index (κ1) is 12.1. The van der Waals surface area contributed by atoms with Crippen molar-refractivity contribution in [3.05, 3.63) is 35.3 Å². The number of benzene rings is 1. The molecular formula is C13H16N2OS. The lowest BCUT2D eigenvalue weighted by molar-refractivity contribution is 0.475. The molecule has 90 valence electrons. The van der Waals surface area contributed by atoms with Crippen LogP contribution in [0.4, 0.5) is 0 Å². The van der Waals surface area contributed by atoms with Gasteiger partial charge in [-0.05, 0) is 37.7 Å². The summed E-state index contributed by atoms with van der Waals surface area (Å²) < 4.78 is 0. The van der Waals surface area contributed by atoms with Crippen LogP contribution in [0.15, 0.2) is 29.6 Å². The fourth-order valence-electron chi connectivity index (χ4n) is 1.63. The zero-order valence-electron chi connectivity index (χ0n) is 9.97. The van der Waals surface area contributed by atoms with Gasteiger partial charge in [0.2, 0.25) is 0 Å². The molecular weight excluding hydrogens is 232 g/mol. The molecule has 1 heterocycles. The van der Waals surface area contributed by atoms with Gasteiger partial charge >= 0.3 is 0 Å². The second-order valence-corrected chi connectivity index (χ2v) is 4.76. The molecule has 0 amide bonds. The molecule has 0 aliphatic heterocycles. The average molecular weight is 248 g/mol. The summed E-state index contributed by atoms with van der Waals surface area (Å²) in [5.41, 5.74) is 2.11. The molecule has 3 nitrogen and oxygen atoms in total. The summed E-state index contributed by atoms with van der Waals surface area (Å²) in [5, 5.41) is 15.6. The Morgan fingerprint density at radius 3 is 2.71 bits per heavy atom. The number of aromatic hydroxyl groups is 1. The molecule has 0 radical (unpaired) electrons. The number of thiazole rings is 1. The standard InChI is InChI=1S/C13H16N2OS/c1-3-14-9(2)12-8-17-13(15-12)10-4-6-11(16)7-5-10/h4-9,14,16H,3H2,1-2H3. The molecule has 2 aromatic rings. The molecule has 0 aliphatic rings. The van der Waals surface area contributed by atoms with Gasteiger partial charge in [0.25, 0.3) is 0 Å². The Morgan fingerprint density at radius 2 is 2.06 bits per heavy atom. The third-order valence-electron chi connectivity index (χ3n) is 2.59. The highest BCUT2D eigenvalue weighted by Crippen LogP contribution is 2.27. The van der Waals surface area contributed by atoms with Gasteiger partial charge < -0.3 is 10.4 Å². The molecule has 0 spiro atoms. The normalized spacial score (nSPS) is 12.6. The number of hydrogen-bond acceptors (Lipinski definition) is 4. The molecule has 1 aromatic heterocycles. The Balaban J connectivity index is 2.20. The highest BCUT2D eigenvalue weighted by atomic mass is 32.1. The number of phenols is 1. The van der Waals surface area contributed by atoms with Crippen LogP contribution in [0.3, 0.4) is 0 Å². The van der Waals surface area contributed by atoms with Crippen molar-refractivity contribution in [2.45, 2.75) is 19.9 Å². The smallest absolute Gasteiger partial charge is 0.123 e. The largest absolute Gasteiger partial charge is 0.508 e. The first-order valence-electron chi connectivity index (χ1n) is 5.69. The van der Waals surface area contributed by atoms with E-state index in [9.17, 15) is 5.11 Å². The van der Waals surface area contributed by atoms with Crippen LogP contribution in [0, 0.1) is 0 Å². The van der Waals surface area contributed by atoms with Crippen LogP contribution < -0.4 is 5.32 Å². The Hall–Kier alpha value is -1.39. The van der Waals surface area contributed by atoms with Gasteiger partial charge in [0.05, 0.1) is 5.69 Å². The monoisotopic (exact) mass is 248 g/mol. The number of rotatable bonds is 4. The average Bonchev–Trinajstić information content (AvgIpc) is 2.80. The van der Waals surface area contributed by atoms with Crippen LogP contribution in [0.25, 0.3) is 10.6 Å². The Kier molecular flexibility index (Phi) is 3.76. The zero-order chi connectivity index (χ0) is 12.3. The highest BCUT2D eigenvalue weighted by molar-refractivity contribution is 7.13. The van der Waals surface area contributed by atoms with Crippen molar-refractivity contribution in [1.82, 2.24) is 10.3 Å². The summed E-state index contributed by atoms with van der Waals surface area (Å²) in [6.07, 6.45) is 0.